The lowest BCUT2D eigenvalue weighted by atomic mass is 10.1. The number of rotatable bonds is 1. The molecule has 0 heterocycles. The van der Waals surface area contributed by atoms with Gasteiger partial charge in [-0.25, -0.2) is 0 Å². The second-order valence-corrected chi connectivity index (χ2v) is 3.50. The Morgan fingerprint density at radius 1 is 1.25 bits per heavy atom. The highest BCUT2D eigenvalue weighted by atomic mass is 35.5. The van der Waals surface area contributed by atoms with Crippen molar-refractivity contribution in [2.24, 2.45) is 5.73 Å². The standard InChI is InChI=1S/C11H9ClF3N/c12-10-6-8(3-1-2-4-16)5-9(7-10)11(13,14)15/h5-7H,2,4,16H2. The third-order valence-corrected chi connectivity index (χ3v) is 1.95. The second-order valence-electron chi connectivity index (χ2n) is 3.07. The Balaban J connectivity index is 3.05. The molecule has 0 bridgehead atoms. The molecule has 5 heteroatoms. The van der Waals surface area contributed by atoms with Crippen LogP contribution in [0.4, 0.5) is 13.2 Å². The molecule has 1 aromatic rings. The lowest BCUT2D eigenvalue weighted by molar-refractivity contribution is -0.137. The van der Waals surface area contributed by atoms with Gasteiger partial charge in [-0.15, -0.1) is 0 Å². The van der Waals surface area contributed by atoms with Gasteiger partial charge < -0.3 is 5.73 Å². The lowest BCUT2D eigenvalue weighted by Gasteiger charge is -2.07. The molecule has 1 aromatic carbocycles. The predicted octanol–water partition coefficient (Wildman–Crippen LogP) is 3.06. The van der Waals surface area contributed by atoms with Crippen molar-refractivity contribution in [2.75, 3.05) is 6.54 Å². The van der Waals surface area contributed by atoms with Crippen molar-refractivity contribution in [1.82, 2.24) is 0 Å². The van der Waals surface area contributed by atoms with Gasteiger partial charge in [-0.05, 0) is 18.2 Å². The van der Waals surface area contributed by atoms with E-state index in [1.807, 2.05) is 0 Å². The van der Waals surface area contributed by atoms with Gasteiger partial charge in [0.15, 0.2) is 0 Å². The first kappa shape index (κ1) is 12.9. The molecule has 0 unspecified atom stereocenters. The Bertz CT molecular complexity index is 429. The minimum Gasteiger partial charge on any atom is -0.330 e. The van der Waals surface area contributed by atoms with Gasteiger partial charge >= 0.3 is 6.18 Å². The highest BCUT2D eigenvalue weighted by Gasteiger charge is 2.30. The fraction of sp³-hybridized carbons (Fsp3) is 0.273. The summed E-state index contributed by atoms with van der Waals surface area (Å²) in [5.41, 5.74) is 4.66. The van der Waals surface area contributed by atoms with Crippen LogP contribution in [0.5, 0.6) is 0 Å². The van der Waals surface area contributed by atoms with Crippen molar-refractivity contribution in [3.63, 3.8) is 0 Å². The molecule has 0 atom stereocenters. The summed E-state index contributed by atoms with van der Waals surface area (Å²) in [7, 11) is 0. The largest absolute Gasteiger partial charge is 0.416 e. The number of hydrogen-bond acceptors (Lipinski definition) is 1. The van der Waals surface area contributed by atoms with Gasteiger partial charge in [0, 0.05) is 23.6 Å². The minimum atomic E-state index is -4.41. The van der Waals surface area contributed by atoms with E-state index in [4.69, 9.17) is 17.3 Å². The fourth-order valence-electron chi connectivity index (χ4n) is 1.06. The van der Waals surface area contributed by atoms with Crippen LogP contribution in [0.1, 0.15) is 17.5 Å². The summed E-state index contributed by atoms with van der Waals surface area (Å²) in [5, 5.41) is 0.0203. The molecule has 0 aliphatic heterocycles. The van der Waals surface area contributed by atoms with Gasteiger partial charge in [0.1, 0.15) is 0 Å². The topological polar surface area (TPSA) is 26.0 Å². The van der Waals surface area contributed by atoms with Crippen LogP contribution in [0.3, 0.4) is 0 Å². The average molecular weight is 248 g/mol. The van der Waals surface area contributed by atoms with Crippen LogP contribution in [0.2, 0.25) is 5.02 Å². The van der Waals surface area contributed by atoms with E-state index in [-0.39, 0.29) is 10.6 Å². The third-order valence-electron chi connectivity index (χ3n) is 1.73. The van der Waals surface area contributed by atoms with Crippen molar-refractivity contribution < 1.29 is 13.2 Å². The molecular weight excluding hydrogens is 239 g/mol. The summed E-state index contributed by atoms with van der Waals surface area (Å²) in [5.74, 6) is 5.24. The van der Waals surface area contributed by atoms with Crippen LogP contribution in [0.15, 0.2) is 18.2 Å². The van der Waals surface area contributed by atoms with E-state index in [2.05, 4.69) is 11.8 Å². The summed E-state index contributed by atoms with van der Waals surface area (Å²) in [6.45, 7) is 0.375. The normalized spacial score (nSPS) is 10.8. The molecule has 86 valence electrons. The maximum atomic E-state index is 12.4. The Morgan fingerprint density at radius 3 is 2.50 bits per heavy atom. The summed E-state index contributed by atoms with van der Waals surface area (Å²) in [6.07, 6.45) is -3.97. The summed E-state index contributed by atoms with van der Waals surface area (Å²) in [6, 6.07) is 3.23. The van der Waals surface area contributed by atoms with Gasteiger partial charge in [-0.3, -0.25) is 0 Å². The fourth-order valence-corrected chi connectivity index (χ4v) is 1.30. The molecule has 0 fully saturated rings. The van der Waals surface area contributed by atoms with Crippen LogP contribution >= 0.6 is 11.6 Å². The summed E-state index contributed by atoms with van der Waals surface area (Å²) in [4.78, 5) is 0. The first-order valence-corrected chi connectivity index (χ1v) is 4.88. The first-order chi connectivity index (χ1) is 7.43. The molecule has 16 heavy (non-hydrogen) atoms. The number of halogens is 4. The number of alkyl halides is 3. The zero-order valence-corrected chi connectivity index (χ0v) is 8.99. The highest BCUT2D eigenvalue weighted by molar-refractivity contribution is 6.30. The van der Waals surface area contributed by atoms with Crippen LogP contribution < -0.4 is 5.73 Å². The molecule has 1 rings (SSSR count). The van der Waals surface area contributed by atoms with E-state index in [1.54, 1.807) is 0 Å². The second kappa shape index (κ2) is 5.24. The van der Waals surface area contributed by atoms with E-state index in [0.29, 0.717) is 13.0 Å². The molecule has 0 radical (unpaired) electrons. The van der Waals surface area contributed by atoms with Crippen molar-refractivity contribution in [1.29, 1.82) is 0 Å². The van der Waals surface area contributed by atoms with Gasteiger partial charge in [0.2, 0.25) is 0 Å². The molecule has 2 N–H and O–H groups in total. The van der Waals surface area contributed by atoms with E-state index in [1.165, 1.54) is 6.07 Å². The maximum absolute atomic E-state index is 12.4. The van der Waals surface area contributed by atoms with Gasteiger partial charge in [0.25, 0.3) is 0 Å². The van der Waals surface area contributed by atoms with E-state index < -0.39 is 11.7 Å². The molecule has 0 saturated heterocycles. The summed E-state index contributed by atoms with van der Waals surface area (Å²) >= 11 is 5.58. The molecule has 0 amide bonds. The van der Waals surface area contributed by atoms with E-state index in [0.717, 1.165) is 12.1 Å². The highest BCUT2D eigenvalue weighted by Crippen LogP contribution is 2.31. The molecule has 0 spiro atoms. The predicted molar refractivity (Wildman–Crippen MR) is 57.0 cm³/mol. The van der Waals surface area contributed by atoms with E-state index in [9.17, 15) is 13.2 Å². The molecule has 0 aromatic heterocycles. The lowest BCUT2D eigenvalue weighted by Crippen LogP contribution is -2.05. The van der Waals surface area contributed by atoms with Crippen LogP contribution in [-0.4, -0.2) is 6.54 Å². The Hall–Kier alpha value is -1.18. The number of hydrogen-bond donors (Lipinski definition) is 1. The Kier molecular flexibility index (Phi) is 4.22. The Morgan fingerprint density at radius 2 is 1.94 bits per heavy atom. The average Bonchev–Trinajstić information content (AvgIpc) is 2.16. The monoisotopic (exact) mass is 247 g/mol. The molecule has 0 aliphatic carbocycles. The summed E-state index contributed by atoms with van der Waals surface area (Å²) < 4.78 is 37.2. The molecule has 0 aliphatic rings. The van der Waals surface area contributed by atoms with Gasteiger partial charge in [0.05, 0.1) is 5.56 Å². The Labute approximate surface area is 96.4 Å². The van der Waals surface area contributed by atoms with Crippen LogP contribution in [-0.2, 0) is 6.18 Å². The van der Waals surface area contributed by atoms with Crippen molar-refractivity contribution in [2.45, 2.75) is 12.6 Å². The SMILES string of the molecule is NCCC#Cc1cc(Cl)cc(C(F)(F)F)c1. The quantitative estimate of drug-likeness (QED) is 0.759. The first-order valence-electron chi connectivity index (χ1n) is 4.50. The van der Waals surface area contributed by atoms with Gasteiger partial charge in [-0.2, -0.15) is 13.2 Å². The zero-order chi connectivity index (χ0) is 12.2. The molecular formula is C11H9ClF3N. The van der Waals surface area contributed by atoms with Crippen molar-refractivity contribution in [3.05, 3.63) is 34.3 Å². The number of nitrogens with two attached hydrogens (primary N) is 1. The van der Waals surface area contributed by atoms with Crippen molar-refractivity contribution >= 4 is 11.6 Å². The van der Waals surface area contributed by atoms with Crippen LogP contribution in [0, 0.1) is 11.8 Å². The van der Waals surface area contributed by atoms with E-state index >= 15 is 0 Å². The molecule has 0 saturated carbocycles. The van der Waals surface area contributed by atoms with Gasteiger partial charge in [-0.1, -0.05) is 23.4 Å². The minimum absolute atomic E-state index is 0.0203. The molecule has 1 nitrogen and oxygen atoms in total. The van der Waals surface area contributed by atoms with Crippen LogP contribution in [0.25, 0.3) is 0 Å². The maximum Gasteiger partial charge on any atom is 0.416 e. The third kappa shape index (κ3) is 3.76. The number of benzene rings is 1. The zero-order valence-electron chi connectivity index (χ0n) is 8.24. The van der Waals surface area contributed by atoms with Crippen molar-refractivity contribution in [3.8, 4) is 11.8 Å². The smallest absolute Gasteiger partial charge is 0.330 e.